The number of carbonyl (C=O) groups excluding carboxylic acids is 2. The molecule has 3 rings (SSSR count). The fourth-order valence-electron chi connectivity index (χ4n) is 2.65. The van der Waals surface area contributed by atoms with E-state index in [4.69, 9.17) is 0 Å². The monoisotopic (exact) mass is 358 g/mol. The first-order valence-electron chi connectivity index (χ1n) is 7.90. The zero-order valence-corrected chi connectivity index (χ0v) is 14.8. The number of amides is 2. The zero-order valence-electron chi connectivity index (χ0n) is 14.0. The standard InChI is InChI=1S/C17H18N4O3S/c1-3-20-15(23)10-25-13-8-18-21(17(24)16(13)20)9-14(22)19-12-7-5-4-6-11(12)2/h4-8H,3,9-10H2,1-2H3,(H,19,22). The largest absolute Gasteiger partial charge is 0.324 e. The van der Waals surface area contributed by atoms with Crippen LogP contribution in [0.5, 0.6) is 0 Å². The van der Waals surface area contributed by atoms with Gasteiger partial charge in [0.1, 0.15) is 12.2 Å². The highest BCUT2D eigenvalue weighted by molar-refractivity contribution is 8.00. The van der Waals surface area contributed by atoms with E-state index in [2.05, 4.69) is 10.4 Å². The average molecular weight is 358 g/mol. The van der Waals surface area contributed by atoms with Crippen molar-refractivity contribution >= 4 is 35.0 Å². The van der Waals surface area contributed by atoms with E-state index in [-0.39, 0.29) is 18.4 Å². The van der Waals surface area contributed by atoms with Gasteiger partial charge in [-0.15, -0.1) is 11.8 Å². The van der Waals surface area contributed by atoms with Crippen LogP contribution in [0.2, 0.25) is 0 Å². The van der Waals surface area contributed by atoms with Crippen molar-refractivity contribution in [1.82, 2.24) is 9.78 Å². The van der Waals surface area contributed by atoms with Gasteiger partial charge >= 0.3 is 0 Å². The third kappa shape index (κ3) is 3.43. The van der Waals surface area contributed by atoms with Crippen molar-refractivity contribution in [3.05, 3.63) is 46.4 Å². The van der Waals surface area contributed by atoms with Gasteiger partial charge in [0.25, 0.3) is 5.56 Å². The van der Waals surface area contributed by atoms with Gasteiger partial charge in [0.05, 0.1) is 16.8 Å². The topological polar surface area (TPSA) is 84.3 Å². The average Bonchev–Trinajstić information content (AvgIpc) is 2.59. The van der Waals surface area contributed by atoms with Crippen molar-refractivity contribution in [2.24, 2.45) is 0 Å². The van der Waals surface area contributed by atoms with Crippen LogP contribution in [0.3, 0.4) is 0 Å². The first-order chi connectivity index (χ1) is 12.0. The lowest BCUT2D eigenvalue weighted by molar-refractivity contribution is -0.117. The van der Waals surface area contributed by atoms with Crippen LogP contribution >= 0.6 is 11.8 Å². The van der Waals surface area contributed by atoms with Crippen molar-refractivity contribution in [2.75, 3.05) is 22.5 Å². The quantitative estimate of drug-likeness (QED) is 0.898. The summed E-state index contributed by atoms with van der Waals surface area (Å²) in [5.74, 6) is -0.166. The van der Waals surface area contributed by atoms with Crippen molar-refractivity contribution in [3.8, 4) is 0 Å². The van der Waals surface area contributed by atoms with Crippen LogP contribution in [-0.2, 0) is 16.1 Å². The van der Waals surface area contributed by atoms with Crippen LogP contribution in [0.1, 0.15) is 12.5 Å². The van der Waals surface area contributed by atoms with Crippen LogP contribution in [0.4, 0.5) is 11.4 Å². The number of nitrogens with one attached hydrogen (secondary N) is 1. The second kappa shape index (κ2) is 7.10. The molecule has 0 bridgehead atoms. The van der Waals surface area contributed by atoms with Crippen molar-refractivity contribution in [1.29, 1.82) is 0 Å². The summed E-state index contributed by atoms with van der Waals surface area (Å²) in [4.78, 5) is 39.1. The van der Waals surface area contributed by atoms with Gasteiger partial charge in [-0.05, 0) is 25.5 Å². The van der Waals surface area contributed by atoms with Crippen molar-refractivity contribution in [2.45, 2.75) is 25.3 Å². The lowest BCUT2D eigenvalue weighted by Gasteiger charge is -2.27. The molecule has 0 saturated heterocycles. The maximum Gasteiger partial charge on any atom is 0.292 e. The molecule has 1 aromatic heterocycles. The number of thioether (sulfide) groups is 1. The van der Waals surface area contributed by atoms with E-state index in [1.807, 2.05) is 32.0 Å². The van der Waals surface area contributed by atoms with Gasteiger partial charge in [-0.3, -0.25) is 14.4 Å². The minimum Gasteiger partial charge on any atom is -0.324 e. The number of hydrogen-bond acceptors (Lipinski definition) is 5. The highest BCUT2D eigenvalue weighted by Gasteiger charge is 2.28. The van der Waals surface area contributed by atoms with Crippen molar-refractivity contribution < 1.29 is 9.59 Å². The Morgan fingerprint density at radius 1 is 1.32 bits per heavy atom. The van der Waals surface area contributed by atoms with E-state index >= 15 is 0 Å². The molecular formula is C17H18N4O3S. The van der Waals surface area contributed by atoms with Crippen LogP contribution in [0.25, 0.3) is 0 Å². The summed E-state index contributed by atoms with van der Waals surface area (Å²) in [5.41, 5.74) is 1.50. The minimum absolute atomic E-state index is 0.112. The zero-order chi connectivity index (χ0) is 18.0. The predicted octanol–water partition coefficient (Wildman–Crippen LogP) is 1.65. The third-order valence-corrected chi connectivity index (χ3v) is 4.94. The molecule has 1 aliphatic heterocycles. The fourth-order valence-corrected chi connectivity index (χ4v) is 3.54. The van der Waals surface area contributed by atoms with Crippen LogP contribution in [-0.4, -0.2) is 33.9 Å². The summed E-state index contributed by atoms with van der Waals surface area (Å²) in [7, 11) is 0. The molecule has 2 heterocycles. The lowest BCUT2D eigenvalue weighted by atomic mass is 10.2. The number of aromatic nitrogens is 2. The summed E-state index contributed by atoms with van der Waals surface area (Å²) in [6.45, 7) is 3.89. The van der Waals surface area contributed by atoms with Crippen molar-refractivity contribution in [3.63, 3.8) is 0 Å². The smallest absolute Gasteiger partial charge is 0.292 e. The molecular weight excluding hydrogens is 340 g/mol. The molecule has 2 aromatic rings. The Hall–Kier alpha value is -2.61. The SMILES string of the molecule is CCN1C(=O)CSc2cnn(CC(=O)Nc3ccccc3C)c(=O)c21. The molecule has 8 heteroatoms. The molecule has 7 nitrogen and oxygen atoms in total. The Balaban J connectivity index is 1.86. The summed E-state index contributed by atoms with van der Waals surface area (Å²) < 4.78 is 1.09. The van der Waals surface area contributed by atoms with Gasteiger partial charge in [-0.2, -0.15) is 5.10 Å². The molecule has 0 unspecified atom stereocenters. The van der Waals surface area contributed by atoms with Crippen LogP contribution in [0.15, 0.2) is 40.2 Å². The second-order valence-electron chi connectivity index (χ2n) is 5.61. The van der Waals surface area contributed by atoms with E-state index in [0.29, 0.717) is 28.6 Å². The fraction of sp³-hybridized carbons (Fsp3) is 0.294. The number of aryl methyl sites for hydroxylation is 1. The first-order valence-corrected chi connectivity index (χ1v) is 8.88. The number of para-hydroxylation sites is 1. The predicted molar refractivity (Wildman–Crippen MR) is 97.1 cm³/mol. The molecule has 130 valence electrons. The normalized spacial score (nSPS) is 13.5. The molecule has 0 spiro atoms. The number of hydrogen-bond donors (Lipinski definition) is 1. The molecule has 1 N–H and O–H groups in total. The highest BCUT2D eigenvalue weighted by atomic mass is 32.2. The Morgan fingerprint density at radius 3 is 2.80 bits per heavy atom. The molecule has 0 aliphatic carbocycles. The van der Waals surface area contributed by atoms with E-state index in [9.17, 15) is 14.4 Å². The number of carbonyl (C=O) groups is 2. The van der Waals surface area contributed by atoms with Crippen LogP contribution < -0.4 is 15.8 Å². The molecule has 0 atom stereocenters. The second-order valence-corrected chi connectivity index (χ2v) is 6.63. The summed E-state index contributed by atoms with van der Waals surface area (Å²) in [5, 5.41) is 6.85. The maximum absolute atomic E-state index is 12.7. The summed E-state index contributed by atoms with van der Waals surface area (Å²) in [6, 6.07) is 7.40. The van der Waals surface area contributed by atoms with E-state index < -0.39 is 5.56 Å². The van der Waals surface area contributed by atoms with Gasteiger partial charge in [0, 0.05) is 12.2 Å². The molecule has 0 saturated carbocycles. The number of fused-ring (bicyclic) bond motifs is 1. The molecule has 1 aromatic carbocycles. The lowest BCUT2D eigenvalue weighted by Crippen LogP contribution is -2.42. The van der Waals surface area contributed by atoms with E-state index in [1.165, 1.54) is 22.9 Å². The Kier molecular flexibility index (Phi) is 4.89. The third-order valence-electron chi connectivity index (χ3n) is 3.94. The van der Waals surface area contributed by atoms with Gasteiger partial charge in [-0.25, -0.2) is 4.68 Å². The Morgan fingerprint density at radius 2 is 2.08 bits per heavy atom. The Labute approximate surface area is 149 Å². The highest BCUT2D eigenvalue weighted by Crippen LogP contribution is 2.31. The minimum atomic E-state index is -0.431. The van der Waals surface area contributed by atoms with Gasteiger partial charge in [0.15, 0.2) is 0 Å². The van der Waals surface area contributed by atoms with E-state index in [1.54, 1.807) is 6.07 Å². The summed E-state index contributed by atoms with van der Waals surface area (Å²) in [6.07, 6.45) is 1.54. The number of anilines is 2. The molecule has 0 radical (unpaired) electrons. The van der Waals surface area contributed by atoms with Gasteiger partial charge in [0.2, 0.25) is 11.8 Å². The van der Waals surface area contributed by atoms with Gasteiger partial charge < -0.3 is 10.2 Å². The number of rotatable bonds is 4. The van der Waals surface area contributed by atoms with Crippen LogP contribution in [0, 0.1) is 6.92 Å². The molecule has 2 amide bonds. The number of nitrogens with zero attached hydrogens (tertiary/aromatic N) is 3. The molecule has 0 fully saturated rings. The Bertz CT molecular complexity index is 894. The maximum atomic E-state index is 12.7. The molecule has 25 heavy (non-hydrogen) atoms. The number of benzene rings is 1. The summed E-state index contributed by atoms with van der Waals surface area (Å²) >= 11 is 1.29. The first kappa shape index (κ1) is 17.2. The van der Waals surface area contributed by atoms with Gasteiger partial charge in [-0.1, -0.05) is 18.2 Å². The van der Waals surface area contributed by atoms with E-state index in [0.717, 1.165) is 10.2 Å². The molecule has 1 aliphatic rings.